The van der Waals surface area contributed by atoms with Gasteiger partial charge in [0.2, 0.25) is 11.8 Å². The number of primary amides is 1. The molecule has 4 nitrogen and oxygen atoms in total. The SMILES string of the molecule is CC/C(=C\C(=O)NCCCC(N)=O)c1cccc(Cl)c1. The van der Waals surface area contributed by atoms with Crippen LogP contribution in [0.4, 0.5) is 0 Å². The number of nitrogens with two attached hydrogens (primary N) is 1. The fourth-order valence-electron chi connectivity index (χ4n) is 1.76. The fourth-order valence-corrected chi connectivity index (χ4v) is 1.95. The molecule has 0 saturated heterocycles. The van der Waals surface area contributed by atoms with E-state index in [-0.39, 0.29) is 18.2 Å². The summed E-state index contributed by atoms with van der Waals surface area (Å²) in [5.74, 6) is -0.533. The standard InChI is InChI=1S/C15H19ClN2O2/c1-2-11(12-5-3-6-13(16)9-12)10-15(20)18-8-4-7-14(17)19/h3,5-6,9-10H,2,4,7-8H2,1H3,(H2,17,19)(H,18,20)/b11-10+. The highest BCUT2D eigenvalue weighted by molar-refractivity contribution is 6.30. The van der Waals surface area contributed by atoms with E-state index in [0.717, 1.165) is 17.6 Å². The third-order valence-corrected chi connectivity index (χ3v) is 3.02. The van der Waals surface area contributed by atoms with Crippen molar-refractivity contribution in [2.75, 3.05) is 6.54 Å². The minimum Gasteiger partial charge on any atom is -0.370 e. The van der Waals surface area contributed by atoms with E-state index in [1.165, 1.54) is 0 Å². The van der Waals surface area contributed by atoms with Crippen molar-refractivity contribution in [3.63, 3.8) is 0 Å². The number of hydrogen-bond acceptors (Lipinski definition) is 2. The molecule has 0 heterocycles. The van der Waals surface area contributed by atoms with Gasteiger partial charge in [0.1, 0.15) is 0 Å². The summed E-state index contributed by atoms with van der Waals surface area (Å²) in [6.45, 7) is 2.41. The molecule has 0 radical (unpaired) electrons. The molecule has 3 N–H and O–H groups in total. The summed E-state index contributed by atoms with van der Waals surface area (Å²) in [4.78, 5) is 22.3. The van der Waals surface area contributed by atoms with Gasteiger partial charge in [-0.2, -0.15) is 0 Å². The van der Waals surface area contributed by atoms with Gasteiger partial charge in [0, 0.05) is 24.1 Å². The monoisotopic (exact) mass is 294 g/mol. The van der Waals surface area contributed by atoms with Crippen molar-refractivity contribution in [3.05, 3.63) is 40.9 Å². The molecular formula is C15H19ClN2O2. The van der Waals surface area contributed by atoms with E-state index in [9.17, 15) is 9.59 Å². The van der Waals surface area contributed by atoms with Gasteiger partial charge in [0.25, 0.3) is 0 Å². The third-order valence-electron chi connectivity index (χ3n) is 2.78. The summed E-state index contributed by atoms with van der Waals surface area (Å²) in [7, 11) is 0. The molecule has 0 atom stereocenters. The van der Waals surface area contributed by atoms with Crippen LogP contribution in [0.2, 0.25) is 5.02 Å². The molecule has 1 aromatic rings. The zero-order chi connectivity index (χ0) is 15.0. The number of carbonyl (C=O) groups excluding carboxylic acids is 2. The van der Waals surface area contributed by atoms with Gasteiger partial charge >= 0.3 is 0 Å². The predicted octanol–water partition coefficient (Wildman–Crippen LogP) is 2.52. The second-order valence-electron chi connectivity index (χ2n) is 4.39. The summed E-state index contributed by atoms with van der Waals surface area (Å²) in [6, 6.07) is 7.40. The zero-order valence-corrected chi connectivity index (χ0v) is 12.2. The van der Waals surface area contributed by atoms with Crippen LogP contribution in [-0.4, -0.2) is 18.4 Å². The molecule has 5 heteroatoms. The Morgan fingerprint density at radius 1 is 1.40 bits per heavy atom. The minimum atomic E-state index is -0.358. The van der Waals surface area contributed by atoms with Gasteiger partial charge in [-0.15, -0.1) is 0 Å². The Kier molecular flexibility index (Phi) is 6.81. The summed E-state index contributed by atoms with van der Waals surface area (Å²) in [5, 5.41) is 3.37. The van der Waals surface area contributed by atoms with E-state index in [1.54, 1.807) is 12.1 Å². The Morgan fingerprint density at radius 3 is 2.75 bits per heavy atom. The Hall–Kier alpha value is -1.81. The molecule has 0 saturated carbocycles. The molecule has 108 valence electrons. The van der Waals surface area contributed by atoms with Gasteiger partial charge < -0.3 is 11.1 Å². The van der Waals surface area contributed by atoms with E-state index in [4.69, 9.17) is 17.3 Å². The second-order valence-corrected chi connectivity index (χ2v) is 4.83. The average Bonchev–Trinajstić information content (AvgIpc) is 2.40. The van der Waals surface area contributed by atoms with Crippen LogP contribution >= 0.6 is 11.6 Å². The quantitative estimate of drug-likeness (QED) is 0.599. The second kappa shape index (κ2) is 8.38. The minimum absolute atomic E-state index is 0.175. The average molecular weight is 295 g/mol. The number of benzene rings is 1. The first-order chi connectivity index (χ1) is 9.52. The van der Waals surface area contributed by atoms with Crippen LogP contribution < -0.4 is 11.1 Å². The molecule has 0 aliphatic rings. The lowest BCUT2D eigenvalue weighted by atomic mass is 10.0. The van der Waals surface area contributed by atoms with Crippen molar-refractivity contribution in [2.24, 2.45) is 5.73 Å². The van der Waals surface area contributed by atoms with E-state index in [0.29, 0.717) is 18.0 Å². The van der Waals surface area contributed by atoms with Crippen LogP contribution in [0.3, 0.4) is 0 Å². The largest absolute Gasteiger partial charge is 0.370 e. The number of rotatable bonds is 7. The molecule has 0 spiro atoms. The zero-order valence-electron chi connectivity index (χ0n) is 11.5. The number of hydrogen-bond donors (Lipinski definition) is 2. The normalized spacial score (nSPS) is 11.2. The first-order valence-corrected chi connectivity index (χ1v) is 6.93. The van der Waals surface area contributed by atoms with E-state index >= 15 is 0 Å². The van der Waals surface area contributed by atoms with Crippen LogP contribution in [0.15, 0.2) is 30.3 Å². The van der Waals surface area contributed by atoms with Crippen molar-refractivity contribution in [1.82, 2.24) is 5.32 Å². The molecule has 0 aromatic heterocycles. The highest BCUT2D eigenvalue weighted by Crippen LogP contribution is 2.21. The predicted molar refractivity (Wildman–Crippen MR) is 81.2 cm³/mol. The third kappa shape index (κ3) is 5.89. The lowest BCUT2D eigenvalue weighted by molar-refractivity contribution is -0.119. The van der Waals surface area contributed by atoms with Crippen molar-refractivity contribution >= 4 is 29.0 Å². The lowest BCUT2D eigenvalue weighted by Crippen LogP contribution is -2.24. The van der Waals surface area contributed by atoms with Gasteiger partial charge in [-0.05, 0) is 36.1 Å². The molecule has 0 fully saturated rings. The molecular weight excluding hydrogens is 276 g/mol. The van der Waals surface area contributed by atoms with Crippen LogP contribution in [0, 0.1) is 0 Å². The molecule has 0 unspecified atom stereocenters. The molecule has 0 bridgehead atoms. The van der Waals surface area contributed by atoms with Gasteiger partial charge in [0.15, 0.2) is 0 Å². The topological polar surface area (TPSA) is 72.2 Å². The first kappa shape index (κ1) is 16.2. The van der Waals surface area contributed by atoms with Crippen molar-refractivity contribution < 1.29 is 9.59 Å². The molecule has 2 amide bonds. The molecule has 20 heavy (non-hydrogen) atoms. The summed E-state index contributed by atoms with van der Waals surface area (Å²) in [6.07, 6.45) is 3.12. The number of allylic oxidation sites excluding steroid dienone is 1. The smallest absolute Gasteiger partial charge is 0.244 e. The maximum Gasteiger partial charge on any atom is 0.244 e. The molecule has 1 rings (SSSR count). The maximum atomic E-state index is 11.8. The van der Waals surface area contributed by atoms with Gasteiger partial charge in [-0.1, -0.05) is 30.7 Å². The summed E-state index contributed by atoms with van der Waals surface area (Å²) >= 11 is 5.94. The van der Waals surface area contributed by atoms with Crippen molar-refractivity contribution in [3.8, 4) is 0 Å². The Balaban J connectivity index is 2.60. The number of nitrogens with one attached hydrogen (secondary N) is 1. The van der Waals surface area contributed by atoms with Crippen LogP contribution in [0.1, 0.15) is 31.7 Å². The van der Waals surface area contributed by atoms with Crippen molar-refractivity contribution in [1.29, 1.82) is 0 Å². The lowest BCUT2D eigenvalue weighted by Gasteiger charge is -2.06. The number of amides is 2. The van der Waals surface area contributed by atoms with Crippen LogP contribution in [-0.2, 0) is 9.59 Å². The van der Waals surface area contributed by atoms with Crippen LogP contribution in [0.25, 0.3) is 5.57 Å². The number of carbonyl (C=O) groups is 2. The highest BCUT2D eigenvalue weighted by Gasteiger charge is 2.04. The maximum absolute atomic E-state index is 11.8. The molecule has 0 aliphatic carbocycles. The molecule has 0 aliphatic heterocycles. The van der Waals surface area contributed by atoms with Gasteiger partial charge in [0.05, 0.1) is 0 Å². The van der Waals surface area contributed by atoms with E-state index < -0.39 is 0 Å². The fraction of sp³-hybridized carbons (Fsp3) is 0.333. The van der Waals surface area contributed by atoms with Crippen molar-refractivity contribution in [2.45, 2.75) is 26.2 Å². The number of halogens is 1. The van der Waals surface area contributed by atoms with Gasteiger partial charge in [-0.25, -0.2) is 0 Å². The van der Waals surface area contributed by atoms with E-state index in [1.807, 2.05) is 25.1 Å². The van der Waals surface area contributed by atoms with Crippen LogP contribution in [0.5, 0.6) is 0 Å². The summed E-state index contributed by atoms with van der Waals surface area (Å²) < 4.78 is 0. The Labute approximate surface area is 124 Å². The van der Waals surface area contributed by atoms with E-state index in [2.05, 4.69) is 5.32 Å². The van der Waals surface area contributed by atoms with Gasteiger partial charge in [-0.3, -0.25) is 9.59 Å². The highest BCUT2D eigenvalue weighted by atomic mass is 35.5. The Morgan fingerprint density at radius 2 is 2.15 bits per heavy atom. The molecule has 1 aromatic carbocycles. The summed E-state index contributed by atoms with van der Waals surface area (Å²) in [5.41, 5.74) is 6.88. The Bertz CT molecular complexity index is 512. The first-order valence-electron chi connectivity index (χ1n) is 6.55.